The van der Waals surface area contributed by atoms with E-state index >= 15 is 0 Å². The normalized spacial score (nSPS) is 28.2. The first-order valence-corrected chi connectivity index (χ1v) is 6.57. The van der Waals surface area contributed by atoms with E-state index in [0.29, 0.717) is 6.61 Å². The van der Waals surface area contributed by atoms with Crippen molar-refractivity contribution >= 4 is 5.91 Å². The molecule has 0 aromatic heterocycles. The van der Waals surface area contributed by atoms with Gasteiger partial charge in [-0.25, -0.2) is 0 Å². The Hall–Kier alpha value is -0.610. The first-order valence-electron chi connectivity index (χ1n) is 6.57. The lowest BCUT2D eigenvalue weighted by molar-refractivity contribution is -0.168. The van der Waals surface area contributed by atoms with Crippen molar-refractivity contribution in [3.63, 3.8) is 0 Å². The van der Waals surface area contributed by atoms with Gasteiger partial charge >= 0.3 is 0 Å². The minimum atomic E-state index is -0.637. The molecule has 2 aliphatic rings. The van der Waals surface area contributed by atoms with Crippen LogP contribution in [-0.2, 0) is 9.53 Å². The maximum Gasteiger partial charge on any atom is 0.254 e. The van der Waals surface area contributed by atoms with E-state index in [0.717, 1.165) is 39.0 Å². The molecule has 0 spiro atoms. The molecule has 1 amide bonds. The van der Waals surface area contributed by atoms with Gasteiger partial charge in [0.1, 0.15) is 5.60 Å². The topological polar surface area (TPSA) is 41.6 Å². The van der Waals surface area contributed by atoms with Gasteiger partial charge in [-0.3, -0.25) is 4.79 Å². The average Bonchev–Trinajstić information content (AvgIpc) is 2.25. The fourth-order valence-corrected chi connectivity index (χ4v) is 2.76. The first-order chi connectivity index (χ1) is 7.93. The van der Waals surface area contributed by atoms with Crippen molar-refractivity contribution in [1.82, 2.24) is 10.2 Å². The van der Waals surface area contributed by atoms with Crippen LogP contribution in [0.1, 0.15) is 33.6 Å². The van der Waals surface area contributed by atoms with E-state index in [2.05, 4.69) is 12.2 Å². The molecule has 0 aromatic carbocycles. The highest BCUT2D eigenvalue weighted by Crippen LogP contribution is 2.31. The zero-order valence-electron chi connectivity index (χ0n) is 11.2. The molecule has 2 fully saturated rings. The monoisotopic (exact) mass is 240 g/mol. The van der Waals surface area contributed by atoms with Gasteiger partial charge in [0, 0.05) is 13.1 Å². The number of nitrogens with one attached hydrogen (secondary N) is 1. The van der Waals surface area contributed by atoms with Crippen LogP contribution in [0.3, 0.4) is 0 Å². The van der Waals surface area contributed by atoms with Gasteiger partial charge in [0.05, 0.1) is 6.61 Å². The SMILES string of the molecule is CC1(CN2CCOC(C)(C)C2=O)CCNCC1. The number of nitrogens with zero attached hydrogens (tertiary/aromatic N) is 1. The van der Waals surface area contributed by atoms with Crippen LogP contribution < -0.4 is 5.32 Å². The molecule has 2 aliphatic heterocycles. The first kappa shape index (κ1) is 12.8. The van der Waals surface area contributed by atoms with Gasteiger partial charge in [-0.2, -0.15) is 0 Å². The Labute approximate surface area is 104 Å². The lowest BCUT2D eigenvalue weighted by atomic mass is 9.80. The molecular formula is C13H24N2O2. The van der Waals surface area contributed by atoms with Crippen LogP contribution in [0.5, 0.6) is 0 Å². The van der Waals surface area contributed by atoms with Crippen LogP contribution >= 0.6 is 0 Å². The Balaban J connectivity index is 2.00. The molecule has 0 aromatic rings. The van der Waals surface area contributed by atoms with E-state index < -0.39 is 5.60 Å². The lowest BCUT2D eigenvalue weighted by Crippen LogP contribution is -2.56. The molecule has 17 heavy (non-hydrogen) atoms. The minimum absolute atomic E-state index is 0.142. The van der Waals surface area contributed by atoms with Crippen LogP contribution in [0, 0.1) is 5.41 Å². The second-order valence-electron chi connectivity index (χ2n) is 6.15. The third-order valence-corrected chi connectivity index (χ3v) is 4.01. The fourth-order valence-electron chi connectivity index (χ4n) is 2.76. The smallest absolute Gasteiger partial charge is 0.254 e. The molecule has 0 radical (unpaired) electrons. The number of carbonyl (C=O) groups excluding carboxylic acids is 1. The predicted octanol–water partition coefficient (Wildman–Crippen LogP) is 1.01. The molecule has 0 unspecified atom stereocenters. The Morgan fingerprint density at radius 1 is 1.29 bits per heavy atom. The Bertz CT molecular complexity index is 296. The quantitative estimate of drug-likeness (QED) is 0.783. The van der Waals surface area contributed by atoms with Gasteiger partial charge in [-0.15, -0.1) is 0 Å². The van der Waals surface area contributed by atoms with Crippen molar-refractivity contribution < 1.29 is 9.53 Å². The molecule has 0 bridgehead atoms. The van der Waals surface area contributed by atoms with Crippen molar-refractivity contribution in [2.75, 3.05) is 32.8 Å². The molecule has 4 nitrogen and oxygen atoms in total. The molecule has 2 heterocycles. The molecule has 0 saturated carbocycles. The minimum Gasteiger partial charge on any atom is -0.364 e. The number of amides is 1. The maximum absolute atomic E-state index is 12.2. The summed E-state index contributed by atoms with van der Waals surface area (Å²) in [6.07, 6.45) is 2.30. The number of ether oxygens (including phenoxy) is 1. The lowest BCUT2D eigenvalue weighted by Gasteiger charge is -2.43. The molecule has 1 N–H and O–H groups in total. The van der Waals surface area contributed by atoms with Crippen LogP contribution in [0.25, 0.3) is 0 Å². The summed E-state index contributed by atoms with van der Waals surface area (Å²) in [5.74, 6) is 0.142. The fraction of sp³-hybridized carbons (Fsp3) is 0.923. The van der Waals surface area contributed by atoms with Crippen molar-refractivity contribution in [1.29, 1.82) is 0 Å². The van der Waals surface area contributed by atoms with E-state index in [1.165, 1.54) is 0 Å². The zero-order chi connectivity index (χ0) is 12.5. The van der Waals surface area contributed by atoms with Crippen LogP contribution in [0.15, 0.2) is 0 Å². The second kappa shape index (κ2) is 4.58. The molecule has 2 saturated heterocycles. The molecule has 98 valence electrons. The highest BCUT2D eigenvalue weighted by Gasteiger charge is 2.40. The molecule has 0 atom stereocenters. The number of morpholine rings is 1. The number of carbonyl (C=O) groups is 1. The highest BCUT2D eigenvalue weighted by atomic mass is 16.5. The Kier molecular flexibility index (Phi) is 3.46. The third-order valence-electron chi connectivity index (χ3n) is 4.01. The molecular weight excluding hydrogens is 216 g/mol. The standard InChI is InChI=1S/C13H24N2O2/c1-12(2)11(16)15(8-9-17-12)10-13(3)4-6-14-7-5-13/h14H,4-10H2,1-3H3. The summed E-state index contributed by atoms with van der Waals surface area (Å²) >= 11 is 0. The summed E-state index contributed by atoms with van der Waals surface area (Å²) in [6.45, 7) is 10.4. The summed E-state index contributed by atoms with van der Waals surface area (Å²) in [7, 11) is 0. The van der Waals surface area contributed by atoms with Crippen molar-refractivity contribution in [3.8, 4) is 0 Å². The third kappa shape index (κ3) is 2.80. The number of piperidine rings is 1. The van der Waals surface area contributed by atoms with Crippen LogP contribution in [-0.4, -0.2) is 49.2 Å². The molecule has 2 rings (SSSR count). The summed E-state index contributed by atoms with van der Waals surface area (Å²) in [5, 5.41) is 3.38. The average molecular weight is 240 g/mol. The van der Waals surface area contributed by atoms with Crippen molar-refractivity contribution in [3.05, 3.63) is 0 Å². The van der Waals surface area contributed by atoms with Gasteiger partial charge in [-0.1, -0.05) is 6.92 Å². The summed E-state index contributed by atoms with van der Waals surface area (Å²) in [6, 6.07) is 0. The van der Waals surface area contributed by atoms with Crippen LogP contribution in [0.4, 0.5) is 0 Å². The van der Waals surface area contributed by atoms with Crippen molar-refractivity contribution in [2.24, 2.45) is 5.41 Å². The van der Waals surface area contributed by atoms with Crippen LogP contribution in [0.2, 0.25) is 0 Å². The summed E-state index contributed by atoms with van der Waals surface area (Å²) in [5.41, 5.74) is -0.365. The molecule has 4 heteroatoms. The molecule has 0 aliphatic carbocycles. The Morgan fingerprint density at radius 3 is 2.59 bits per heavy atom. The van der Waals surface area contributed by atoms with E-state index in [-0.39, 0.29) is 11.3 Å². The van der Waals surface area contributed by atoms with E-state index in [1.54, 1.807) is 0 Å². The number of hydrogen-bond donors (Lipinski definition) is 1. The summed E-state index contributed by atoms with van der Waals surface area (Å²) < 4.78 is 5.53. The van der Waals surface area contributed by atoms with E-state index in [1.807, 2.05) is 18.7 Å². The largest absolute Gasteiger partial charge is 0.364 e. The predicted molar refractivity (Wildman–Crippen MR) is 66.8 cm³/mol. The highest BCUT2D eigenvalue weighted by molar-refractivity contribution is 5.85. The van der Waals surface area contributed by atoms with Gasteiger partial charge in [0.2, 0.25) is 0 Å². The maximum atomic E-state index is 12.2. The number of hydrogen-bond acceptors (Lipinski definition) is 3. The van der Waals surface area contributed by atoms with Gasteiger partial charge in [0.25, 0.3) is 5.91 Å². The number of rotatable bonds is 2. The van der Waals surface area contributed by atoms with Gasteiger partial charge in [0.15, 0.2) is 0 Å². The van der Waals surface area contributed by atoms with E-state index in [4.69, 9.17) is 4.74 Å². The van der Waals surface area contributed by atoms with Crippen molar-refractivity contribution in [2.45, 2.75) is 39.2 Å². The Morgan fingerprint density at radius 2 is 1.94 bits per heavy atom. The van der Waals surface area contributed by atoms with E-state index in [9.17, 15) is 4.79 Å². The summed E-state index contributed by atoms with van der Waals surface area (Å²) in [4.78, 5) is 14.2. The zero-order valence-corrected chi connectivity index (χ0v) is 11.2. The van der Waals surface area contributed by atoms with Gasteiger partial charge < -0.3 is 15.0 Å². The van der Waals surface area contributed by atoms with Gasteiger partial charge in [-0.05, 0) is 45.2 Å². The second-order valence-corrected chi connectivity index (χ2v) is 6.15.